The van der Waals surface area contributed by atoms with Crippen LogP contribution in [0.3, 0.4) is 0 Å². The first-order valence-electron chi connectivity index (χ1n) is 9.51. The topological polar surface area (TPSA) is 99.9 Å². The van der Waals surface area contributed by atoms with Crippen LogP contribution in [0.5, 0.6) is 17.2 Å². The molecule has 0 spiro atoms. The largest absolute Gasteiger partial charge is 0.490 e. The van der Waals surface area contributed by atoms with E-state index in [0.717, 1.165) is 12.0 Å². The zero-order chi connectivity index (χ0) is 20.8. The summed E-state index contributed by atoms with van der Waals surface area (Å²) >= 11 is 0. The average molecular weight is 400 g/mol. The predicted octanol–water partition coefficient (Wildman–Crippen LogP) is 3.65. The Hall–Kier alpha value is -3.29. The summed E-state index contributed by atoms with van der Waals surface area (Å²) in [6.07, 6.45) is 0.817. The number of rotatable bonds is 7. The van der Waals surface area contributed by atoms with Crippen molar-refractivity contribution in [3.05, 3.63) is 58.1 Å². The summed E-state index contributed by atoms with van der Waals surface area (Å²) in [6.45, 7) is 4.87. The summed E-state index contributed by atoms with van der Waals surface area (Å²) in [4.78, 5) is 23.0. The molecule has 154 valence electrons. The van der Waals surface area contributed by atoms with Crippen molar-refractivity contribution in [1.29, 1.82) is 0 Å². The van der Waals surface area contributed by atoms with E-state index < -0.39 is 4.92 Å². The molecule has 0 aromatic heterocycles. The van der Waals surface area contributed by atoms with E-state index in [-0.39, 0.29) is 35.9 Å². The maximum Gasteiger partial charge on any atom is 0.310 e. The van der Waals surface area contributed by atoms with Crippen LogP contribution in [0, 0.1) is 16.0 Å². The van der Waals surface area contributed by atoms with Crippen molar-refractivity contribution in [2.45, 2.75) is 26.3 Å². The molecular weight excluding hydrogens is 376 g/mol. The zero-order valence-corrected chi connectivity index (χ0v) is 16.4. The molecule has 0 saturated heterocycles. The van der Waals surface area contributed by atoms with Crippen LogP contribution in [0.4, 0.5) is 5.69 Å². The summed E-state index contributed by atoms with van der Waals surface area (Å²) in [5, 5.41) is 14.0. The standard InChI is InChI=1S/C21H24N2O6/c1-14(2)21(15-8-9-18-19(12-15)28-11-5-10-27-18)22-20(24)13-29-17-7-4-3-6-16(17)23(25)26/h3-4,6-9,12,14,21H,5,10-11,13H2,1-2H3,(H,22,24)/t21-/m0/s1. The fourth-order valence-electron chi connectivity index (χ4n) is 3.10. The van der Waals surface area contributed by atoms with Crippen LogP contribution in [0.1, 0.15) is 31.9 Å². The molecule has 3 rings (SSSR count). The van der Waals surface area contributed by atoms with Gasteiger partial charge in [-0.1, -0.05) is 32.0 Å². The quantitative estimate of drug-likeness (QED) is 0.562. The Morgan fingerprint density at radius 2 is 1.90 bits per heavy atom. The molecule has 0 fully saturated rings. The number of fused-ring (bicyclic) bond motifs is 1. The highest BCUT2D eigenvalue weighted by atomic mass is 16.6. The molecule has 2 aromatic rings. The summed E-state index contributed by atoms with van der Waals surface area (Å²) < 4.78 is 16.8. The van der Waals surface area contributed by atoms with Gasteiger partial charge in [0.2, 0.25) is 0 Å². The highest BCUT2D eigenvalue weighted by Crippen LogP contribution is 2.34. The summed E-state index contributed by atoms with van der Waals surface area (Å²) in [5.41, 5.74) is 0.715. The van der Waals surface area contributed by atoms with E-state index in [9.17, 15) is 14.9 Å². The number of nitrogens with zero attached hydrogens (tertiary/aromatic N) is 1. The monoisotopic (exact) mass is 400 g/mol. The number of carbonyl (C=O) groups is 1. The third-order valence-electron chi connectivity index (χ3n) is 4.53. The lowest BCUT2D eigenvalue weighted by Gasteiger charge is -2.24. The maximum absolute atomic E-state index is 12.5. The van der Waals surface area contributed by atoms with Crippen LogP contribution in [-0.2, 0) is 4.79 Å². The second-order valence-electron chi connectivity index (χ2n) is 7.06. The second-order valence-corrected chi connectivity index (χ2v) is 7.06. The molecule has 1 atom stereocenters. The average Bonchev–Trinajstić information content (AvgIpc) is 2.95. The lowest BCUT2D eigenvalue weighted by Crippen LogP contribution is -2.35. The lowest BCUT2D eigenvalue weighted by atomic mass is 9.95. The Kier molecular flexibility index (Phi) is 6.54. The number of benzene rings is 2. The smallest absolute Gasteiger partial charge is 0.310 e. The number of nitro groups is 1. The molecule has 1 N–H and O–H groups in total. The minimum atomic E-state index is -0.540. The van der Waals surface area contributed by atoms with Crippen molar-refractivity contribution in [2.75, 3.05) is 19.8 Å². The van der Waals surface area contributed by atoms with Crippen molar-refractivity contribution >= 4 is 11.6 Å². The molecule has 0 saturated carbocycles. The van der Waals surface area contributed by atoms with Crippen LogP contribution in [-0.4, -0.2) is 30.7 Å². The van der Waals surface area contributed by atoms with Crippen molar-refractivity contribution in [1.82, 2.24) is 5.32 Å². The van der Waals surface area contributed by atoms with Gasteiger partial charge < -0.3 is 19.5 Å². The molecule has 1 heterocycles. The van der Waals surface area contributed by atoms with Gasteiger partial charge in [0, 0.05) is 12.5 Å². The zero-order valence-electron chi connectivity index (χ0n) is 16.4. The molecule has 8 heteroatoms. The molecule has 2 aromatic carbocycles. The second kappa shape index (κ2) is 9.27. The Labute approximate surface area is 168 Å². The number of para-hydroxylation sites is 2. The molecule has 1 amide bonds. The van der Waals surface area contributed by atoms with Crippen LogP contribution >= 0.6 is 0 Å². The molecule has 1 aliphatic rings. The maximum atomic E-state index is 12.5. The van der Waals surface area contributed by atoms with E-state index in [1.807, 2.05) is 32.0 Å². The minimum Gasteiger partial charge on any atom is -0.490 e. The first kappa shape index (κ1) is 20.4. The van der Waals surface area contributed by atoms with E-state index in [0.29, 0.717) is 24.7 Å². The Morgan fingerprint density at radius 3 is 2.62 bits per heavy atom. The van der Waals surface area contributed by atoms with E-state index in [4.69, 9.17) is 14.2 Å². The van der Waals surface area contributed by atoms with E-state index in [2.05, 4.69) is 5.32 Å². The first-order valence-corrected chi connectivity index (χ1v) is 9.51. The van der Waals surface area contributed by atoms with Crippen molar-refractivity contribution in [2.24, 2.45) is 5.92 Å². The van der Waals surface area contributed by atoms with Gasteiger partial charge in [-0.05, 0) is 29.7 Å². The predicted molar refractivity (Wildman–Crippen MR) is 106 cm³/mol. The number of nitrogens with one attached hydrogen (secondary N) is 1. The minimum absolute atomic E-state index is 0.0596. The fraction of sp³-hybridized carbons (Fsp3) is 0.381. The Balaban J connectivity index is 1.69. The van der Waals surface area contributed by atoms with Gasteiger partial charge in [-0.2, -0.15) is 0 Å². The highest BCUT2D eigenvalue weighted by molar-refractivity contribution is 5.78. The first-order chi connectivity index (χ1) is 14.0. The van der Waals surface area contributed by atoms with Gasteiger partial charge in [0.15, 0.2) is 23.9 Å². The van der Waals surface area contributed by atoms with E-state index in [1.165, 1.54) is 12.1 Å². The summed E-state index contributed by atoms with van der Waals surface area (Å²) in [6, 6.07) is 11.3. The number of amides is 1. The normalized spacial score (nSPS) is 14.0. The van der Waals surface area contributed by atoms with Gasteiger partial charge in [0.25, 0.3) is 5.91 Å². The number of hydrogen-bond acceptors (Lipinski definition) is 6. The van der Waals surface area contributed by atoms with Gasteiger partial charge in [-0.15, -0.1) is 0 Å². The molecule has 8 nitrogen and oxygen atoms in total. The van der Waals surface area contributed by atoms with E-state index in [1.54, 1.807) is 12.1 Å². The highest BCUT2D eigenvalue weighted by Gasteiger charge is 2.22. The Morgan fingerprint density at radius 1 is 1.17 bits per heavy atom. The fourth-order valence-corrected chi connectivity index (χ4v) is 3.10. The SMILES string of the molecule is CC(C)[C@H](NC(=O)COc1ccccc1[N+](=O)[O-])c1ccc2c(c1)OCCCO2. The van der Waals surface area contributed by atoms with Crippen LogP contribution in [0.2, 0.25) is 0 Å². The van der Waals surface area contributed by atoms with Crippen molar-refractivity contribution in [3.8, 4) is 17.2 Å². The summed E-state index contributed by atoms with van der Waals surface area (Å²) in [7, 11) is 0. The lowest BCUT2D eigenvalue weighted by molar-refractivity contribution is -0.385. The number of nitro benzene ring substituents is 1. The van der Waals surface area contributed by atoms with Crippen molar-refractivity contribution in [3.63, 3.8) is 0 Å². The van der Waals surface area contributed by atoms with Gasteiger partial charge in [-0.25, -0.2) is 0 Å². The van der Waals surface area contributed by atoms with Crippen LogP contribution < -0.4 is 19.5 Å². The number of hydrogen-bond donors (Lipinski definition) is 1. The van der Waals surface area contributed by atoms with Crippen LogP contribution in [0.15, 0.2) is 42.5 Å². The molecule has 0 bridgehead atoms. The third-order valence-corrected chi connectivity index (χ3v) is 4.53. The molecule has 0 unspecified atom stereocenters. The van der Waals surface area contributed by atoms with Gasteiger partial charge in [-0.3, -0.25) is 14.9 Å². The third kappa shape index (κ3) is 5.16. The van der Waals surface area contributed by atoms with Gasteiger partial charge >= 0.3 is 5.69 Å². The number of ether oxygens (including phenoxy) is 3. The molecule has 1 aliphatic heterocycles. The number of carbonyl (C=O) groups excluding carboxylic acids is 1. The molecular formula is C21H24N2O6. The van der Waals surface area contributed by atoms with E-state index >= 15 is 0 Å². The molecule has 29 heavy (non-hydrogen) atoms. The Bertz CT molecular complexity index is 883. The van der Waals surface area contributed by atoms with Gasteiger partial charge in [0.05, 0.1) is 24.2 Å². The van der Waals surface area contributed by atoms with Crippen LogP contribution in [0.25, 0.3) is 0 Å². The van der Waals surface area contributed by atoms with Gasteiger partial charge in [0.1, 0.15) is 0 Å². The molecule has 0 radical (unpaired) electrons. The summed E-state index contributed by atoms with van der Waals surface area (Å²) in [5.74, 6) is 1.16. The molecule has 0 aliphatic carbocycles. The van der Waals surface area contributed by atoms with Crippen molar-refractivity contribution < 1.29 is 23.9 Å².